The molecule has 0 spiro atoms. The van der Waals surface area contributed by atoms with Gasteiger partial charge in [-0.3, -0.25) is 0 Å². The lowest BCUT2D eigenvalue weighted by Crippen LogP contribution is -2.46. The molecule has 2 N–H and O–H groups in total. The highest BCUT2D eigenvalue weighted by Gasteiger charge is 2.31. The maximum absolute atomic E-state index is 9.51. The Morgan fingerprint density at radius 3 is 2.67 bits per heavy atom. The highest BCUT2D eigenvalue weighted by atomic mass is 32.2. The Balaban J connectivity index is 1.67. The molecule has 1 aromatic carbocycles. The molecule has 0 bridgehead atoms. The molecule has 2 rings (SSSR count). The predicted octanol–water partition coefficient (Wildman–Crippen LogP) is 3.06. The molecule has 100 valence electrons. The average molecular weight is 265 g/mol. The summed E-state index contributed by atoms with van der Waals surface area (Å²) < 4.78 is 0. The second-order valence-corrected chi connectivity index (χ2v) is 6.57. The molecule has 0 saturated heterocycles. The van der Waals surface area contributed by atoms with Crippen LogP contribution in [0.4, 0.5) is 0 Å². The van der Waals surface area contributed by atoms with E-state index in [1.165, 1.54) is 17.7 Å². The van der Waals surface area contributed by atoms with Crippen LogP contribution in [0.5, 0.6) is 0 Å². The van der Waals surface area contributed by atoms with Gasteiger partial charge in [0.25, 0.3) is 0 Å². The fourth-order valence-corrected chi connectivity index (χ4v) is 2.96. The number of hydrogen-bond donors (Lipinski definition) is 2. The van der Waals surface area contributed by atoms with Crippen molar-refractivity contribution in [2.45, 2.75) is 49.1 Å². The zero-order valence-corrected chi connectivity index (χ0v) is 11.9. The Hall–Kier alpha value is -0.510. The Kier molecular flexibility index (Phi) is 5.10. The second-order valence-electron chi connectivity index (χ2n) is 5.40. The zero-order valence-electron chi connectivity index (χ0n) is 11.1. The number of rotatable bonds is 8. The summed E-state index contributed by atoms with van der Waals surface area (Å²) in [4.78, 5) is 1.33. The molecule has 0 heterocycles. The van der Waals surface area contributed by atoms with Crippen LogP contribution in [-0.2, 0) is 0 Å². The van der Waals surface area contributed by atoms with Gasteiger partial charge in [0, 0.05) is 16.5 Å². The third-order valence-corrected chi connectivity index (χ3v) is 4.46. The van der Waals surface area contributed by atoms with Gasteiger partial charge in [-0.15, -0.1) is 11.8 Å². The van der Waals surface area contributed by atoms with Gasteiger partial charge in [0.15, 0.2) is 0 Å². The van der Waals surface area contributed by atoms with Crippen molar-refractivity contribution < 1.29 is 5.11 Å². The SMILES string of the molecule is CC(CO)(CCCSc1ccccc1)NC1CC1. The van der Waals surface area contributed by atoms with Crippen molar-refractivity contribution in [2.24, 2.45) is 0 Å². The molecule has 1 saturated carbocycles. The maximum Gasteiger partial charge on any atom is 0.0610 e. The van der Waals surface area contributed by atoms with Gasteiger partial charge >= 0.3 is 0 Å². The van der Waals surface area contributed by atoms with E-state index in [0.717, 1.165) is 18.6 Å². The molecule has 3 heteroatoms. The van der Waals surface area contributed by atoms with E-state index < -0.39 is 0 Å². The summed E-state index contributed by atoms with van der Waals surface area (Å²) >= 11 is 1.90. The van der Waals surface area contributed by atoms with Crippen LogP contribution in [0.2, 0.25) is 0 Å². The van der Waals surface area contributed by atoms with Crippen LogP contribution >= 0.6 is 11.8 Å². The summed E-state index contributed by atoms with van der Waals surface area (Å²) in [7, 11) is 0. The first-order chi connectivity index (χ1) is 8.72. The third-order valence-electron chi connectivity index (χ3n) is 3.36. The van der Waals surface area contributed by atoms with Crippen LogP contribution in [0.25, 0.3) is 0 Å². The third kappa shape index (κ3) is 4.63. The van der Waals surface area contributed by atoms with Gasteiger partial charge in [-0.2, -0.15) is 0 Å². The van der Waals surface area contributed by atoms with Crippen LogP contribution in [0.3, 0.4) is 0 Å². The lowest BCUT2D eigenvalue weighted by molar-refractivity contribution is 0.163. The van der Waals surface area contributed by atoms with Gasteiger partial charge in [0.2, 0.25) is 0 Å². The molecule has 1 atom stereocenters. The normalized spacial score (nSPS) is 18.6. The minimum atomic E-state index is -0.0849. The first kappa shape index (κ1) is 13.9. The monoisotopic (exact) mass is 265 g/mol. The van der Waals surface area contributed by atoms with Gasteiger partial charge in [0.1, 0.15) is 0 Å². The van der Waals surface area contributed by atoms with E-state index >= 15 is 0 Å². The lowest BCUT2D eigenvalue weighted by Gasteiger charge is -2.29. The lowest BCUT2D eigenvalue weighted by atomic mass is 9.97. The molecule has 0 radical (unpaired) electrons. The first-order valence-electron chi connectivity index (χ1n) is 6.78. The summed E-state index contributed by atoms with van der Waals surface area (Å²) in [6.45, 7) is 2.37. The van der Waals surface area contributed by atoms with E-state index in [4.69, 9.17) is 0 Å². The van der Waals surface area contributed by atoms with Crippen molar-refractivity contribution in [1.29, 1.82) is 0 Å². The topological polar surface area (TPSA) is 32.3 Å². The van der Waals surface area contributed by atoms with Crippen molar-refractivity contribution in [1.82, 2.24) is 5.32 Å². The molecule has 2 nitrogen and oxygen atoms in total. The molecule has 18 heavy (non-hydrogen) atoms. The molecule has 1 unspecified atom stereocenters. The quantitative estimate of drug-likeness (QED) is 0.560. The predicted molar refractivity (Wildman–Crippen MR) is 78.0 cm³/mol. The van der Waals surface area contributed by atoms with Crippen LogP contribution in [0.1, 0.15) is 32.6 Å². The highest BCUT2D eigenvalue weighted by Crippen LogP contribution is 2.26. The summed E-state index contributed by atoms with van der Waals surface area (Å²) in [5, 5.41) is 13.1. The Morgan fingerprint density at radius 2 is 2.06 bits per heavy atom. The summed E-state index contributed by atoms with van der Waals surface area (Å²) in [6.07, 6.45) is 4.72. The minimum absolute atomic E-state index is 0.0849. The van der Waals surface area contributed by atoms with E-state index in [1.54, 1.807) is 0 Å². The highest BCUT2D eigenvalue weighted by molar-refractivity contribution is 7.99. The fraction of sp³-hybridized carbons (Fsp3) is 0.600. The van der Waals surface area contributed by atoms with Gasteiger partial charge in [0.05, 0.1) is 6.61 Å². The van der Waals surface area contributed by atoms with E-state index in [0.29, 0.717) is 6.04 Å². The van der Waals surface area contributed by atoms with Crippen molar-refractivity contribution in [3.05, 3.63) is 30.3 Å². The van der Waals surface area contributed by atoms with E-state index in [2.05, 4.69) is 36.5 Å². The largest absolute Gasteiger partial charge is 0.394 e. The second kappa shape index (κ2) is 6.60. The molecular weight excluding hydrogens is 242 g/mol. The van der Waals surface area contributed by atoms with Crippen molar-refractivity contribution in [3.8, 4) is 0 Å². The first-order valence-corrected chi connectivity index (χ1v) is 7.77. The van der Waals surface area contributed by atoms with Crippen molar-refractivity contribution in [2.75, 3.05) is 12.4 Å². The van der Waals surface area contributed by atoms with E-state index in [1.807, 2.05) is 17.8 Å². The van der Waals surface area contributed by atoms with Gasteiger partial charge in [-0.25, -0.2) is 0 Å². The molecule has 1 aromatic rings. The summed E-state index contributed by atoms with van der Waals surface area (Å²) in [5.74, 6) is 1.12. The van der Waals surface area contributed by atoms with Crippen molar-refractivity contribution in [3.63, 3.8) is 0 Å². The Bertz CT molecular complexity index is 353. The molecule has 0 aliphatic heterocycles. The molecule has 0 aromatic heterocycles. The summed E-state index contributed by atoms with van der Waals surface area (Å²) in [6, 6.07) is 11.2. The van der Waals surface area contributed by atoms with Crippen LogP contribution < -0.4 is 5.32 Å². The van der Waals surface area contributed by atoms with E-state index in [-0.39, 0.29) is 12.1 Å². The van der Waals surface area contributed by atoms with Gasteiger partial charge in [-0.1, -0.05) is 18.2 Å². The maximum atomic E-state index is 9.51. The number of nitrogens with one attached hydrogen (secondary N) is 1. The average Bonchev–Trinajstić information content (AvgIpc) is 3.20. The Labute approximate surface area is 114 Å². The van der Waals surface area contributed by atoms with Gasteiger partial charge in [-0.05, 0) is 50.5 Å². The van der Waals surface area contributed by atoms with Crippen LogP contribution in [0.15, 0.2) is 35.2 Å². The zero-order chi connectivity index (χ0) is 12.8. The number of aliphatic hydroxyl groups excluding tert-OH is 1. The van der Waals surface area contributed by atoms with Crippen molar-refractivity contribution >= 4 is 11.8 Å². The van der Waals surface area contributed by atoms with Crippen LogP contribution in [-0.4, -0.2) is 29.0 Å². The standard InChI is InChI=1S/C15H23NOS/c1-15(12-17,16-13-8-9-13)10-5-11-18-14-6-3-2-4-7-14/h2-4,6-7,13,16-17H,5,8-12H2,1H3. The van der Waals surface area contributed by atoms with Gasteiger partial charge < -0.3 is 10.4 Å². The summed E-state index contributed by atoms with van der Waals surface area (Å²) in [5.41, 5.74) is -0.0849. The van der Waals surface area contributed by atoms with E-state index in [9.17, 15) is 5.11 Å². The minimum Gasteiger partial charge on any atom is -0.394 e. The molecular formula is C15H23NOS. The molecule has 1 aliphatic carbocycles. The molecule has 1 aliphatic rings. The number of thioether (sulfide) groups is 1. The number of hydrogen-bond acceptors (Lipinski definition) is 3. The Morgan fingerprint density at radius 1 is 1.33 bits per heavy atom. The molecule has 1 fully saturated rings. The molecule has 0 amide bonds. The smallest absolute Gasteiger partial charge is 0.0610 e. The number of aliphatic hydroxyl groups is 1. The fourth-order valence-electron chi connectivity index (χ4n) is 2.09. The van der Waals surface area contributed by atoms with Crippen LogP contribution in [0, 0.1) is 0 Å². The number of benzene rings is 1.